The molecule has 0 unspecified atom stereocenters. The lowest BCUT2D eigenvalue weighted by Gasteiger charge is -2.13. The molecule has 152 valence electrons. The van der Waals surface area contributed by atoms with E-state index in [4.69, 9.17) is 9.72 Å². The van der Waals surface area contributed by atoms with Crippen molar-refractivity contribution in [2.45, 2.75) is 58.2 Å². The molecule has 0 radical (unpaired) electrons. The summed E-state index contributed by atoms with van der Waals surface area (Å²) in [6.45, 7) is 12.7. The van der Waals surface area contributed by atoms with Crippen LogP contribution in [0.3, 0.4) is 0 Å². The SMILES string of the molecule is C[SiH+]C(C)(C)CCOCc1nc(-c2ccc(C(=O)N(C)C)cc2)sc1C(C)C. The van der Waals surface area contributed by atoms with Crippen LogP contribution in [0.15, 0.2) is 24.3 Å². The monoisotopic (exact) mass is 417 g/mol. The molecule has 4 nitrogen and oxygen atoms in total. The third-order valence-electron chi connectivity index (χ3n) is 4.95. The van der Waals surface area contributed by atoms with Gasteiger partial charge < -0.3 is 9.64 Å². The average molecular weight is 418 g/mol. The maximum Gasteiger partial charge on any atom is 0.301 e. The third-order valence-corrected chi connectivity index (χ3v) is 8.25. The first-order valence-corrected chi connectivity index (χ1v) is 12.4. The lowest BCUT2D eigenvalue weighted by atomic mass is 10.1. The van der Waals surface area contributed by atoms with Crippen LogP contribution in [0, 0.1) is 0 Å². The molecule has 1 heterocycles. The van der Waals surface area contributed by atoms with Crippen LogP contribution in [0.1, 0.15) is 61.0 Å². The zero-order valence-corrected chi connectivity index (χ0v) is 20.2. The van der Waals surface area contributed by atoms with Gasteiger partial charge in [-0.1, -0.05) is 26.0 Å². The molecule has 0 atom stereocenters. The average Bonchev–Trinajstić information content (AvgIpc) is 3.09. The molecule has 0 aliphatic rings. The quantitative estimate of drug-likeness (QED) is 0.415. The molecule has 0 spiro atoms. The predicted octanol–water partition coefficient (Wildman–Crippen LogP) is 5.23. The molecule has 0 aliphatic heterocycles. The molecule has 28 heavy (non-hydrogen) atoms. The number of amides is 1. The zero-order chi connectivity index (χ0) is 20.9. The number of ether oxygens (including phenoxy) is 1. The third kappa shape index (κ3) is 6.00. The van der Waals surface area contributed by atoms with Gasteiger partial charge in [0.05, 0.1) is 30.5 Å². The number of thiazole rings is 1. The molecular weight excluding hydrogens is 384 g/mol. The van der Waals surface area contributed by atoms with Crippen molar-refractivity contribution in [2.24, 2.45) is 0 Å². The Bertz CT molecular complexity index is 782. The number of hydrogen-bond donors (Lipinski definition) is 0. The smallest absolute Gasteiger partial charge is 0.301 e. The van der Waals surface area contributed by atoms with Gasteiger partial charge in [-0.15, -0.1) is 11.3 Å². The highest BCUT2D eigenvalue weighted by atomic mass is 32.1. The summed E-state index contributed by atoms with van der Waals surface area (Å²) in [7, 11) is 3.97. The first-order chi connectivity index (χ1) is 13.1. The summed E-state index contributed by atoms with van der Waals surface area (Å²) in [5.74, 6) is 0.426. The van der Waals surface area contributed by atoms with E-state index in [2.05, 4.69) is 34.2 Å². The van der Waals surface area contributed by atoms with Crippen molar-refractivity contribution in [3.05, 3.63) is 40.4 Å². The number of carbonyl (C=O) groups is 1. The van der Waals surface area contributed by atoms with E-state index in [0.29, 0.717) is 32.6 Å². The van der Waals surface area contributed by atoms with Crippen LogP contribution in [-0.4, -0.2) is 46.0 Å². The van der Waals surface area contributed by atoms with E-state index < -0.39 is 0 Å². The van der Waals surface area contributed by atoms with Gasteiger partial charge in [-0.25, -0.2) is 4.98 Å². The van der Waals surface area contributed by atoms with Crippen molar-refractivity contribution in [3.63, 3.8) is 0 Å². The highest BCUT2D eigenvalue weighted by Gasteiger charge is 2.25. The van der Waals surface area contributed by atoms with Gasteiger partial charge in [0.2, 0.25) is 0 Å². The summed E-state index contributed by atoms with van der Waals surface area (Å²) in [5.41, 5.74) is 2.79. The maximum absolute atomic E-state index is 12.1. The van der Waals surface area contributed by atoms with Crippen LogP contribution in [0.25, 0.3) is 10.6 Å². The molecule has 0 saturated carbocycles. The minimum Gasteiger partial charge on any atom is -0.375 e. The van der Waals surface area contributed by atoms with Crippen LogP contribution in [-0.2, 0) is 11.3 Å². The second kappa shape index (κ2) is 9.81. The Balaban J connectivity index is 2.12. The van der Waals surface area contributed by atoms with Gasteiger partial charge in [-0.05, 0) is 31.9 Å². The zero-order valence-electron chi connectivity index (χ0n) is 18.2. The minimum absolute atomic E-state index is 0.0134. The fraction of sp³-hybridized carbons (Fsp3) is 0.545. The molecular formula is C22H33N2O2SSi+. The molecule has 2 aromatic rings. The van der Waals surface area contributed by atoms with Crippen molar-refractivity contribution in [1.29, 1.82) is 0 Å². The van der Waals surface area contributed by atoms with E-state index in [1.807, 2.05) is 24.3 Å². The molecule has 0 N–H and O–H groups in total. The molecule has 1 aromatic carbocycles. The van der Waals surface area contributed by atoms with Crippen molar-refractivity contribution < 1.29 is 9.53 Å². The minimum atomic E-state index is 0.0134. The van der Waals surface area contributed by atoms with Crippen LogP contribution in [0.5, 0.6) is 0 Å². The Labute approximate surface area is 176 Å². The van der Waals surface area contributed by atoms with Gasteiger partial charge in [-0.2, -0.15) is 0 Å². The molecule has 6 heteroatoms. The number of rotatable bonds is 9. The number of hydrogen-bond acceptors (Lipinski definition) is 4. The Kier molecular flexibility index (Phi) is 7.98. The van der Waals surface area contributed by atoms with E-state index in [9.17, 15) is 4.79 Å². The first-order valence-electron chi connectivity index (χ1n) is 9.84. The normalized spacial score (nSPS) is 11.7. The van der Waals surface area contributed by atoms with Crippen LogP contribution in [0.4, 0.5) is 0 Å². The van der Waals surface area contributed by atoms with E-state index in [1.54, 1.807) is 30.3 Å². The van der Waals surface area contributed by atoms with E-state index in [1.165, 1.54) is 4.88 Å². The predicted molar refractivity (Wildman–Crippen MR) is 121 cm³/mol. The van der Waals surface area contributed by atoms with Crippen molar-refractivity contribution in [1.82, 2.24) is 9.88 Å². The van der Waals surface area contributed by atoms with E-state index in [-0.39, 0.29) is 5.91 Å². The van der Waals surface area contributed by atoms with Gasteiger partial charge in [0.1, 0.15) is 5.01 Å². The molecule has 0 bridgehead atoms. The summed E-state index contributed by atoms with van der Waals surface area (Å²) in [5, 5.41) is 1.39. The summed E-state index contributed by atoms with van der Waals surface area (Å²) in [6, 6.07) is 7.71. The number of carbonyl (C=O) groups excluding carboxylic acids is 1. The van der Waals surface area contributed by atoms with Crippen LogP contribution >= 0.6 is 11.3 Å². The van der Waals surface area contributed by atoms with E-state index >= 15 is 0 Å². The molecule has 0 saturated heterocycles. The molecule has 1 amide bonds. The fourth-order valence-electron chi connectivity index (χ4n) is 2.70. The molecule has 2 rings (SSSR count). The van der Waals surface area contributed by atoms with Crippen molar-refractivity contribution in [3.8, 4) is 10.6 Å². The van der Waals surface area contributed by atoms with Gasteiger partial charge in [0, 0.05) is 36.5 Å². The first kappa shape index (κ1) is 22.8. The van der Waals surface area contributed by atoms with Gasteiger partial charge in [0.15, 0.2) is 0 Å². The summed E-state index contributed by atoms with van der Waals surface area (Å²) in [6.07, 6.45) is 1.09. The maximum atomic E-state index is 12.1. The Morgan fingerprint density at radius 1 is 1.25 bits per heavy atom. The molecule has 1 aromatic heterocycles. The fourth-order valence-corrected chi connectivity index (χ4v) is 4.19. The van der Waals surface area contributed by atoms with Gasteiger partial charge in [-0.3, -0.25) is 4.79 Å². The van der Waals surface area contributed by atoms with Gasteiger partial charge in [0.25, 0.3) is 5.91 Å². The second-order valence-electron chi connectivity index (χ2n) is 8.34. The highest BCUT2D eigenvalue weighted by Crippen LogP contribution is 2.34. The summed E-state index contributed by atoms with van der Waals surface area (Å²) < 4.78 is 5.98. The highest BCUT2D eigenvalue weighted by molar-refractivity contribution is 7.15. The summed E-state index contributed by atoms with van der Waals surface area (Å²) in [4.78, 5) is 19.8. The molecule has 0 aliphatic carbocycles. The Hall–Kier alpha value is -1.50. The number of aromatic nitrogens is 1. The Morgan fingerprint density at radius 2 is 1.89 bits per heavy atom. The second-order valence-corrected chi connectivity index (χ2v) is 11.5. The lowest BCUT2D eigenvalue weighted by Crippen LogP contribution is -2.21. The van der Waals surface area contributed by atoms with Gasteiger partial charge >= 0.3 is 9.52 Å². The Morgan fingerprint density at radius 3 is 2.43 bits per heavy atom. The summed E-state index contributed by atoms with van der Waals surface area (Å²) >= 11 is 1.73. The van der Waals surface area contributed by atoms with Crippen molar-refractivity contribution >= 4 is 26.8 Å². The number of nitrogens with zero attached hydrogens (tertiary/aromatic N) is 2. The largest absolute Gasteiger partial charge is 0.375 e. The topological polar surface area (TPSA) is 42.4 Å². The van der Waals surface area contributed by atoms with Crippen molar-refractivity contribution in [2.75, 3.05) is 20.7 Å². The van der Waals surface area contributed by atoms with Crippen LogP contribution in [0.2, 0.25) is 11.6 Å². The van der Waals surface area contributed by atoms with Crippen LogP contribution < -0.4 is 0 Å². The van der Waals surface area contributed by atoms with E-state index in [0.717, 1.165) is 29.3 Å². The lowest BCUT2D eigenvalue weighted by molar-refractivity contribution is 0.0827. The standard InChI is InChI=1S/C22H33N2O2SSi/c1-15(2)19-18(14-26-13-12-22(3,4)28-7)23-20(27-19)16-8-10-17(11-9-16)21(25)24(5)6/h8-11,15,28H,12-14H2,1-7H3/q+1. The molecule has 0 fully saturated rings. The number of benzene rings is 1.